The molecule has 1 fully saturated rings. The first-order valence-electron chi connectivity index (χ1n) is 7.04. The van der Waals surface area contributed by atoms with Crippen molar-refractivity contribution in [2.75, 3.05) is 6.61 Å². The van der Waals surface area contributed by atoms with Gasteiger partial charge in [-0.2, -0.15) is 0 Å². The van der Waals surface area contributed by atoms with Crippen LogP contribution in [0.25, 0.3) is 10.8 Å². The van der Waals surface area contributed by atoms with Crippen molar-refractivity contribution in [3.8, 4) is 0 Å². The van der Waals surface area contributed by atoms with E-state index in [4.69, 9.17) is 0 Å². The normalized spacial score (nSPS) is 18.1. The van der Waals surface area contributed by atoms with Crippen molar-refractivity contribution >= 4 is 20.8 Å². The van der Waals surface area contributed by atoms with Crippen LogP contribution >= 0.6 is 0 Å². The summed E-state index contributed by atoms with van der Waals surface area (Å²) in [6, 6.07) is 6.83. The molecule has 1 aliphatic carbocycles. The Bertz CT molecular complexity index is 747. The van der Waals surface area contributed by atoms with Crippen LogP contribution in [0.1, 0.15) is 25.7 Å². The van der Waals surface area contributed by atoms with E-state index in [-0.39, 0.29) is 11.5 Å². The third kappa shape index (κ3) is 2.66. The lowest BCUT2D eigenvalue weighted by Gasteiger charge is -2.27. The number of pyridine rings is 1. The Morgan fingerprint density at radius 2 is 2.00 bits per heavy atom. The van der Waals surface area contributed by atoms with Gasteiger partial charge in [0, 0.05) is 23.2 Å². The van der Waals surface area contributed by atoms with E-state index < -0.39 is 15.6 Å². The van der Waals surface area contributed by atoms with Gasteiger partial charge in [-0.3, -0.25) is 4.98 Å². The van der Waals surface area contributed by atoms with Crippen LogP contribution < -0.4 is 4.72 Å². The first-order chi connectivity index (χ1) is 10.1. The van der Waals surface area contributed by atoms with Gasteiger partial charge in [0.05, 0.1) is 17.0 Å². The second-order valence-electron chi connectivity index (χ2n) is 5.60. The highest BCUT2D eigenvalue weighted by atomic mass is 32.2. The van der Waals surface area contributed by atoms with Gasteiger partial charge < -0.3 is 5.11 Å². The molecule has 0 aliphatic heterocycles. The molecule has 112 valence electrons. The number of nitrogens with zero attached hydrogens (tertiary/aromatic N) is 1. The second kappa shape index (κ2) is 5.36. The molecule has 0 spiro atoms. The van der Waals surface area contributed by atoms with Crippen LogP contribution in [0.4, 0.5) is 0 Å². The molecule has 0 atom stereocenters. The fourth-order valence-corrected chi connectivity index (χ4v) is 4.69. The molecule has 0 bridgehead atoms. The van der Waals surface area contributed by atoms with Gasteiger partial charge >= 0.3 is 0 Å². The average molecular weight is 306 g/mol. The summed E-state index contributed by atoms with van der Waals surface area (Å²) in [4.78, 5) is 4.25. The second-order valence-corrected chi connectivity index (χ2v) is 7.25. The summed E-state index contributed by atoms with van der Waals surface area (Å²) in [5, 5.41) is 11.0. The molecule has 2 aromatic rings. The van der Waals surface area contributed by atoms with Crippen molar-refractivity contribution in [2.45, 2.75) is 36.1 Å². The maximum absolute atomic E-state index is 12.7. The molecule has 6 heteroatoms. The lowest BCUT2D eigenvalue weighted by Crippen LogP contribution is -2.49. The van der Waals surface area contributed by atoms with Gasteiger partial charge in [0.2, 0.25) is 10.0 Å². The summed E-state index contributed by atoms with van der Waals surface area (Å²) in [7, 11) is -3.68. The third-order valence-corrected chi connectivity index (χ3v) is 5.78. The lowest BCUT2D eigenvalue weighted by atomic mass is 10.0. The summed E-state index contributed by atoms with van der Waals surface area (Å²) < 4.78 is 28.2. The van der Waals surface area contributed by atoms with Crippen molar-refractivity contribution in [3.63, 3.8) is 0 Å². The van der Waals surface area contributed by atoms with Gasteiger partial charge in [-0.05, 0) is 25.0 Å². The molecule has 21 heavy (non-hydrogen) atoms. The van der Waals surface area contributed by atoms with Gasteiger partial charge in [-0.15, -0.1) is 0 Å². The molecule has 0 unspecified atom stereocenters. The smallest absolute Gasteiger partial charge is 0.241 e. The maximum atomic E-state index is 12.7. The summed E-state index contributed by atoms with van der Waals surface area (Å²) in [6.07, 6.45) is 6.44. The average Bonchev–Trinajstić information content (AvgIpc) is 2.95. The number of hydrogen-bond donors (Lipinski definition) is 2. The zero-order chi connectivity index (χ0) is 14.9. The molecule has 0 saturated heterocycles. The molecule has 0 amide bonds. The number of aliphatic hydroxyl groups is 1. The highest BCUT2D eigenvalue weighted by Crippen LogP contribution is 2.32. The van der Waals surface area contributed by atoms with Crippen molar-refractivity contribution in [1.82, 2.24) is 9.71 Å². The first kappa shape index (κ1) is 14.4. The number of nitrogens with one attached hydrogen (secondary N) is 1. The molecule has 1 aromatic heterocycles. The van der Waals surface area contributed by atoms with E-state index in [0.29, 0.717) is 18.2 Å². The number of rotatable bonds is 4. The molecule has 5 nitrogen and oxygen atoms in total. The summed E-state index contributed by atoms with van der Waals surface area (Å²) in [5.74, 6) is 0. The lowest BCUT2D eigenvalue weighted by molar-refractivity contribution is 0.185. The fraction of sp³-hybridized carbons (Fsp3) is 0.400. The van der Waals surface area contributed by atoms with E-state index in [0.717, 1.165) is 18.2 Å². The Morgan fingerprint density at radius 3 is 2.71 bits per heavy atom. The van der Waals surface area contributed by atoms with Crippen LogP contribution in [0.5, 0.6) is 0 Å². The monoisotopic (exact) mass is 306 g/mol. The van der Waals surface area contributed by atoms with Gasteiger partial charge in [0.15, 0.2) is 0 Å². The molecular weight excluding hydrogens is 288 g/mol. The minimum Gasteiger partial charge on any atom is -0.394 e. The van der Waals surface area contributed by atoms with Crippen LogP contribution in [0.15, 0.2) is 41.6 Å². The van der Waals surface area contributed by atoms with E-state index in [1.165, 1.54) is 0 Å². The predicted octanol–water partition coefficient (Wildman–Crippen LogP) is 1.82. The van der Waals surface area contributed by atoms with Gasteiger partial charge in [0.1, 0.15) is 0 Å². The Morgan fingerprint density at radius 1 is 1.24 bits per heavy atom. The van der Waals surface area contributed by atoms with Crippen molar-refractivity contribution < 1.29 is 13.5 Å². The SMILES string of the molecule is O=S(=O)(NC1(CO)CCCC1)c1cccc2cnccc12. The largest absolute Gasteiger partial charge is 0.394 e. The zero-order valence-corrected chi connectivity index (χ0v) is 12.4. The molecule has 0 radical (unpaired) electrons. The molecular formula is C15H18N2O3S. The highest BCUT2D eigenvalue weighted by Gasteiger charge is 2.37. The molecule has 1 aromatic carbocycles. The summed E-state index contributed by atoms with van der Waals surface area (Å²) >= 11 is 0. The van der Waals surface area contributed by atoms with E-state index in [1.54, 1.807) is 30.6 Å². The standard InChI is InChI=1S/C15H18N2O3S/c18-11-15(7-1-2-8-15)17-21(19,20)14-5-3-4-12-10-16-9-6-13(12)14/h3-6,9-10,17-18H,1-2,7-8,11H2. The zero-order valence-electron chi connectivity index (χ0n) is 11.6. The van der Waals surface area contributed by atoms with E-state index in [1.807, 2.05) is 6.07 Å². The highest BCUT2D eigenvalue weighted by molar-refractivity contribution is 7.89. The molecule has 1 aliphatic rings. The Kier molecular flexibility index (Phi) is 3.69. The van der Waals surface area contributed by atoms with Gasteiger partial charge in [0.25, 0.3) is 0 Å². The van der Waals surface area contributed by atoms with E-state index >= 15 is 0 Å². The van der Waals surface area contributed by atoms with Crippen LogP contribution in [-0.2, 0) is 10.0 Å². The number of aromatic nitrogens is 1. The number of hydrogen-bond acceptors (Lipinski definition) is 4. The number of aliphatic hydroxyl groups excluding tert-OH is 1. The van der Waals surface area contributed by atoms with Gasteiger partial charge in [-0.1, -0.05) is 25.0 Å². The number of benzene rings is 1. The minimum atomic E-state index is -3.68. The quantitative estimate of drug-likeness (QED) is 0.903. The van der Waals surface area contributed by atoms with E-state index in [9.17, 15) is 13.5 Å². The van der Waals surface area contributed by atoms with Crippen LogP contribution in [-0.4, -0.2) is 30.7 Å². The van der Waals surface area contributed by atoms with Crippen molar-refractivity contribution in [1.29, 1.82) is 0 Å². The molecule has 1 heterocycles. The maximum Gasteiger partial charge on any atom is 0.241 e. The van der Waals surface area contributed by atoms with Gasteiger partial charge in [-0.25, -0.2) is 13.1 Å². The fourth-order valence-electron chi connectivity index (χ4n) is 3.01. The van der Waals surface area contributed by atoms with Crippen LogP contribution in [0.2, 0.25) is 0 Å². The Balaban J connectivity index is 2.04. The third-order valence-electron chi connectivity index (χ3n) is 4.14. The van der Waals surface area contributed by atoms with Crippen molar-refractivity contribution in [2.24, 2.45) is 0 Å². The van der Waals surface area contributed by atoms with Crippen molar-refractivity contribution in [3.05, 3.63) is 36.7 Å². The Labute approximate surface area is 124 Å². The molecule has 2 N–H and O–H groups in total. The first-order valence-corrected chi connectivity index (χ1v) is 8.52. The predicted molar refractivity (Wildman–Crippen MR) is 80.3 cm³/mol. The molecule has 3 rings (SSSR count). The van der Waals surface area contributed by atoms with Crippen LogP contribution in [0, 0.1) is 0 Å². The number of fused-ring (bicyclic) bond motifs is 1. The Hall–Kier alpha value is -1.50. The topological polar surface area (TPSA) is 79.3 Å². The summed E-state index contributed by atoms with van der Waals surface area (Å²) in [6.45, 7) is -0.168. The van der Waals surface area contributed by atoms with Crippen LogP contribution in [0.3, 0.4) is 0 Å². The summed E-state index contributed by atoms with van der Waals surface area (Å²) in [5.41, 5.74) is -0.714. The molecule has 1 saturated carbocycles. The van der Waals surface area contributed by atoms with E-state index in [2.05, 4.69) is 9.71 Å². The number of sulfonamides is 1. The minimum absolute atomic E-state index is 0.168.